The number of aromatic nitrogens is 2. The molecule has 0 spiro atoms. The van der Waals surface area contributed by atoms with Crippen LogP contribution >= 0.6 is 0 Å². The summed E-state index contributed by atoms with van der Waals surface area (Å²) in [5.74, 6) is 1.76. The van der Waals surface area contributed by atoms with Crippen molar-refractivity contribution in [2.75, 3.05) is 0 Å². The molecule has 0 radical (unpaired) electrons. The van der Waals surface area contributed by atoms with Crippen LogP contribution in [0.5, 0.6) is 0 Å². The highest BCUT2D eigenvalue weighted by Gasteiger charge is 2.64. The summed E-state index contributed by atoms with van der Waals surface area (Å²) in [5, 5.41) is 18.2. The van der Waals surface area contributed by atoms with Crippen LogP contribution < -0.4 is 0 Å². The van der Waals surface area contributed by atoms with Gasteiger partial charge in [0, 0.05) is 5.69 Å². The van der Waals surface area contributed by atoms with E-state index in [1.165, 1.54) is 42.5 Å². The van der Waals surface area contributed by atoms with Crippen LogP contribution in [-0.4, -0.2) is 27.2 Å². The van der Waals surface area contributed by atoms with Crippen LogP contribution in [0.2, 0.25) is 0 Å². The highest BCUT2D eigenvalue weighted by molar-refractivity contribution is 5.29. The van der Waals surface area contributed by atoms with E-state index in [2.05, 4.69) is 37.5 Å². The van der Waals surface area contributed by atoms with Gasteiger partial charge >= 0.3 is 0 Å². The maximum absolute atomic E-state index is 10.6. The molecule has 0 bridgehead atoms. The number of aromatic amines is 1. The minimum atomic E-state index is -1.11. The van der Waals surface area contributed by atoms with Gasteiger partial charge in [-0.05, 0) is 98.4 Å². The molecular formula is C25H38N2O2. The third-order valence-corrected chi connectivity index (χ3v) is 9.73. The Labute approximate surface area is 175 Å². The van der Waals surface area contributed by atoms with Gasteiger partial charge in [-0.1, -0.05) is 32.9 Å². The Morgan fingerprint density at radius 1 is 1.24 bits per heavy atom. The van der Waals surface area contributed by atoms with Crippen molar-refractivity contribution in [1.82, 2.24) is 10.2 Å². The van der Waals surface area contributed by atoms with Gasteiger partial charge in [-0.25, -0.2) is 0 Å². The summed E-state index contributed by atoms with van der Waals surface area (Å²) in [6.07, 6.45) is 9.18. The molecule has 1 aromatic rings. The fourth-order valence-electron chi connectivity index (χ4n) is 8.27. The third-order valence-electron chi connectivity index (χ3n) is 9.73. The van der Waals surface area contributed by atoms with E-state index in [0.29, 0.717) is 29.6 Å². The van der Waals surface area contributed by atoms with Crippen molar-refractivity contribution in [3.8, 4) is 0 Å². The first kappa shape index (κ1) is 19.8. The average molecular weight is 399 g/mol. The second-order valence-corrected chi connectivity index (χ2v) is 11.6. The number of H-pyrrole nitrogens is 1. The molecule has 0 aromatic carbocycles. The van der Waals surface area contributed by atoms with E-state index in [0.717, 1.165) is 12.8 Å². The molecule has 2 unspecified atom stereocenters. The fourth-order valence-corrected chi connectivity index (χ4v) is 8.27. The van der Waals surface area contributed by atoms with Gasteiger partial charge in [0.2, 0.25) is 0 Å². The smallest absolute Gasteiger partial charge is 0.160 e. The highest BCUT2D eigenvalue weighted by atomic mass is 16.6. The van der Waals surface area contributed by atoms with Crippen LogP contribution in [-0.2, 0) is 17.6 Å². The van der Waals surface area contributed by atoms with E-state index < -0.39 is 5.79 Å². The first-order valence-electron chi connectivity index (χ1n) is 11.6. The first-order valence-corrected chi connectivity index (χ1v) is 11.6. The molecule has 4 aliphatic carbocycles. The second-order valence-electron chi connectivity index (χ2n) is 11.6. The molecule has 3 fully saturated rings. The molecule has 3 saturated carbocycles. The summed E-state index contributed by atoms with van der Waals surface area (Å²) in [7, 11) is 0. The monoisotopic (exact) mass is 398 g/mol. The molecule has 1 aromatic heterocycles. The van der Waals surface area contributed by atoms with Crippen molar-refractivity contribution in [2.45, 2.75) is 85.0 Å². The van der Waals surface area contributed by atoms with Gasteiger partial charge in [0.15, 0.2) is 5.79 Å². The fraction of sp³-hybridized carbons (Fsp3) is 0.800. The Hall–Kier alpha value is -1.13. The minimum Gasteiger partial charge on any atom is -0.366 e. The zero-order chi connectivity index (χ0) is 20.8. The predicted octanol–water partition coefficient (Wildman–Crippen LogP) is 4.89. The number of hydrogen-bond acceptors (Lipinski definition) is 3. The Kier molecular flexibility index (Phi) is 4.23. The Bertz CT molecular complexity index is 823. The van der Waals surface area contributed by atoms with E-state index in [4.69, 9.17) is 4.74 Å². The Balaban J connectivity index is 1.60. The molecule has 2 N–H and O–H groups in total. The average Bonchev–Trinajstić information content (AvgIpc) is 3.20. The SMILES string of the molecule is C=C1CC[C@H]2C3[C@@H](C)[C@H](OC(C)(C)O)[C@H]4Cc5[nH]ncc5C[C@]4(C)[C@H]3CCC12C. The molecular weight excluding hydrogens is 360 g/mol. The summed E-state index contributed by atoms with van der Waals surface area (Å²) in [5.41, 5.74) is 4.62. The summed E-state index contributed by atoms with van der Waals surface area (Å²) < 4.78 is 6.47. The standard InChI is InChI=1S/C25H38N2O2/c1-14-7-8-17-21-15(2)22(29-23(3,4)28)19-11-20-16(13-26-27-20)12-25(19,6)18(21)9-10-24(14,17)5/h13,15,17-19,21-22,28H,1,7-12H2,2-6H3,(H,26,27)/t15-,17+,18+,19-,21?,22+,24?,25-/m1/s1. The molecule has 8 atom stereocenters. The van der Waals surface area contributed by atoms with Crippen LogP contribution in [0.4, 0.5) is 0 Å². The maximum atomic E-state index is 10.6. The van der Waals surface area contributed by atoms with Gasteiger partial charge in [-0.3, -0.25) is 5.10 Å². The van der Waals surface area contributed by atoms with Gasteiger partial charge in [-0.2, -0.15) is 5.10 Å². The first-order chi connectivity index (χ1) is 13.5. The lowest BCUT2D eigenvalue weighted by atomic mass is 9.42. The van der Waals surface area contributed by atoms with Crippen molar-refractivity contribution in [3.05, 3.63) is 29.6 Å². The van der Waals surface area contributed by atoms with Crippen LogP contribution in [0.25, 0.3) is 0 Å². The van der Waals surface area contributed by atoms with Gasteiger partial charge in [0.05, 0.1) is 12.3 Å². The van der Waals surface area contributed by atoms with Gasteiger partial charge in [-0.15, -0.1) is 0 Å². The summed E-state index contributed by atoms with van der Waals surface area (Å²) in [6.45, 7) is 15.5. The van der Waals surface area contributed by atoms with Crippen LogP contribution in [0.15, 0.2) is 18.3 Å². The molecule has 0 saturated heterocycles. The Morgan fingerprint density at radius 3 is 2.72 bits per heavy atom. The largest absolute Gasteiger partial charge is 0.366 e. The normalized spacial score (nSPS) is 46.6. The summed E-state index contributed by atoms with van der Waals surface area (Å²) in [6, 6.07) is 0. The zero-order valence-electron chi connectivity index (χ0n) is 18.8. The van der Waals surface area contributed by atoms with Gasteiger partial charge in [0.25, 0.3) is 0 Å². The molecule has 4 heteroatoms. The quantitative estimate of drug-likeness (QED) is 0.551. The van der Waals surface area contributed by atoms with Crippen molar-refractivity contribution in [2.24, 2.45) is 40.4 Å². The molecule has 1 heterocycles. The lowest BCUT2D eigenvalue weighted by Crippen LogP contribution is -2.63. The van der Waals surface area contributed by atoms with E-state index in [9.17, 15) is 5.11 Å². The number of hydrogen-bond donors (Lipinski definition) is 2. The molecule has 29 heavy (non-hydrogen) atoms. The summed E-state index contributed by atoms with van der Waals surface area (Å²) >= 11 is 0. The van der Waals surface area contributed by atoms with Gasteiger partial charge < -0.3 is 9.84 Å². The minimum absolute atomic E-state index is 0.0638. The molecule has 0 amide bonds. The molecule has 0 aliphatic heterocycles. The van der Waals surface area contributed by atoms with Crippen LogP contribution in [0.3, 0.4) is 0 Å². The Morgan fingerprint density at radius 2 is 2.00 bits per heavy atom. The topological polar surface area (TPSA) is 58.1 Å². The van der Waals surface area contributed by atoms with Crippen LogP contribution in [0.1, 0.15) is 71.6 Å². The zero-order valence-corrected chi connectivity index (χ0v) is 18.8. The highest BCUT2D eigenvalue weighted by Crippen LogP contribution is 2.68. The second kappa shape index (κ2) is 6.20. The number of aliphatic hydroxyl groups is 1. The lowest BCUT2D eigenvalue weighted by molar-refractivity contribution is -0.272. The molecule has 4 aliphatic rings. The van der Waals surface area contributed by atoms with Crippen molar-refractivity contribution in [3.63, 3.8) is 0 Å². The summed E-state index contributed by atoms with van der Waals surface area (Å²) in [4.78, 5) is 0. The number of rotatable bonds is 2. The van der Waals surface area contributed by atoms with E-state index in [-0.39, 0.29) is 16.9 Å². The van der Waals surface area contributed by atoms with E-state index >= 15 is 0 Å². The number of ether oxygens (including phenoxy) is 1. The molecule has 4 nitrogen and oxygen atoms in total. The number of nitrogens with zero attached hydrogens (tertiary/aromatic N) is 1. The predicted molar refractivity (Wildman–Crippen MR) is 114 cm³/mol. The van der Waals surface area contributed by atoms with E-state index in [1.54, 1.807) is 13.8 Å². The van der Waals surface area contributed by atoms with Crippen LogP contribution in [0, 0.1) is 40.4 Å². The molecule has 5 rings (SSSR count). The lowest BCUT2D eigenvalue weighted by Gasteiger charge is -2.64. The third kappa shape index (κ3) is 2.74. The van der Waals surface area contributed by atoms with Crippen molar-refractivity contribution in [1.29, 1.82) is 0 Å². The van der Waals surface area contributed by atoms with Gasteiger partial charge in [0.1, 0.15) is 0 Å². The number of allylic oxidation sites excluding steroid dienone is 1. The molecule has 160 valence electrons. The maximum Gasteiger partial charge on any atom is 0.160 e. The number of fused-ring (bicyclic) bond motifs is 6. The van der Waals surface area contributed by atoms with E-state index in [1.807, 2.05) is 6.20 Å². The van der Waals surface area contributed by atoms with Crippen molar-refractivity contribution < 1.29 is 9.84 Å². The number of nitrogens with one attached hydrogen (secondary N) is 1. The van der Waals surface area contributed by atoms with Crippen molar-refractivity contribution >= 4 is 0 Å².